The summed E-state index contributed by atoms with van der Waals surface area (Å²) in [5.41, 5.74) is 1.99. The predicted molar refractivity (Wildman–Crippen MR) is 116 cm³/mol. The molecule has 1 fully saturated rings. The number of carbonyl (C=O) groups is 2. The van der Waals surface area contributed by atoms with Crippen LogP contribution >= 0.6 is 23.2 Å². The molecule has 1 aliphatic heterocycles. The Kier molecular flexibility index (Phi) is 7.92. The van der Waals surface area contributed by atoms with Gasteiger partial charge in [-0.05, 0) is 35.7 Å². The van der Waals surface area contributed by atoms with Crippen molar-refractivity contribution in [2.45, 2.75) is 12.8 Å². The van der Waals surface area contributed by atoms with Gasteiger partial charge in [-0.1, -0.05) is 53.5 Å². The van der Waals surface area contributed by atoms with Gasteiger partial charge in [-0.3, -0.25) is 14.5 Å². The van der Waals surface area contributed by atoms with Crippen LogP contribution in [0, 0.1) is 0 Å². The van der Waals surface area contributed by atoms with Crippen molar-refractivity contribution < 1.29 is 9.59 Å². The molecule has 2 amide bonds. The Morgan fingerprint density at radius 1 is 0.931 bits per heavy atom. The number of nitrogens with one attached hydrogen (secondary N) is 1. The van der Waals surface area contributed by atoms with Crippen molar-refractivity contribution in [2.75, 3.05) is 39.3 Å². The zero-order chi connectivity index (χ0) is 20.6. The summed E-state index contributed by atoms with van der Waals surface area (Å²) < 4.78 is 0. The Morgan fingerprint density at radius 3 is 2.31 bits per heavy atom. The molecule has 0 unspecified atom stereocenters. The zero-order valence-electron chi connectivity index (χ0n) is 16.2. The van der Waals surface area contributed by atoms with E-state index in [4.69, 9.17) is 23.2 Å². The average molecular weight is 434 g/mol. The van der Waals surface area contributed by atoms with Crippen LogP contribution in [0.15, 0.2) is 48.5 Å². The minimum absolute atomic E-state index is 0.00908. The van der Waals surface area contributed by atoms with Gasteiger partial charge in [-0.2, -0.15) is 0 Å². The van der Waals surface area contributed by atoms with Crippen molar-refractivity contribution >= 4 is 35.0 Å². The monoisotopic (exact) mass is 433 g/mol. The van der Waals surface area contributed by atoms with E-state index < -0.39 is 0 Å². The lowest BCUT2D eigenvalue weighted by Crippen LogP contribution is -2.51. The maximum Gasteiger partial charge on any atom is 0.234 e. The Labute approximate surface area is 181 Å². The summed E-state index contributed by atoms with van der Waals surface area (Å²) >= 11 is 12.0. The second-order valence-corrected chi connectivity index (χ2v) is 8.00. The normalized spacial score (nSPS) is 14.6. The topological polar surface area (TPSA) is 52.7 Å². The third-order valence-corrected chi connectivity index (χ3v) is 5.66. The van der Waals surface area contributed by atoms with Crippen LogP contribution in [0.4, 0.5) is 0 Å². The van der Waals surface area contributed by atoms with Crippen LogP contribution < -0.4 is 5.32 Å². The van der Waals surface area contributed by atoms with Crippen molar-refractivity contribution in [3.05, 3.63) is 69.7 Å². The lowest BCUT2D eigenvalue weighted by atomic mass is 10.1. The zero-order valence-corrected chi connectivity index (χ0v) is 17.8. The van der Waals surface area contributed by atoms with Gasteiger partial charge < -0.3 is 10.2 Å². The molecule has 0 aliphatic carbocycles. The summed E-state index contributed by atoms with van der Waals surface area (Å²) in [6.07, 6.45) is 1.08. The quantitative estimate of drug-likeness (QED) is 0.729. The van der Waals surface area contributed by atoms with E-state index in [0.717, 1.165) is 17.5 Å². The number of piperazine rings is 1. The van der Waals surface area contributed by atoms with Gasteiger partial charge in [0.1, 0.15) is 0 Å². The molecule has 2 aromatic rings. The van der Waals surface area contributed by atoms with E-state index in [1.807, 2.05) is 47.4 Å². The molecule has 0 bridgehead atoms. The highest BCUT2D eigenvalue weighted by Gasteiger charge is 2.22. The molecule has 7 heteroatoms. The first-order valence-electron chi connectivity index (χ1n) is 9.76. The molecule has 1 heterocycles. The molecule has 1 aliphatic rings. The molecule has 29 heavy (non-hydrogen) atoms. The van der Waals surface area contributed by atoms with E-state index in [9.17, 15) is 9.59 Å². The SMILES string of the molecule is O=C(CN1CCN(C(=O)Cc2ccccc2Cl)CC1)NCCc1ccc(Cl)cc1. The second-order valence-electron chi connectivity index (χ2n) is 7.15. The number of nitrogens with zero attached hydrogens (tertiary/aromatic N) is 2. The first-order valence-corrected chi connectivity index (χ1v) is 10.5. The summed E-state index contributed by atoms with van der Waals surface area (Å²) in [5, 5.41) is 4.29. The number of amides is 2. The Balaban J connectivity index is 1.35. The van der Waals surface area contributed by atoms with Gasteiger partial charge in [0.25, 0.3) is 0 Å². The molecule has 0 spiro atoms. The fourth-order valence-corrected chi connectivity index (χ4v) is 3.66. The Bertz CT molecular complexity index is 834. The lowest BCUT2D eigenvalue weighted by Gasteiger charge is -2.34. The van der Waals surface area contributed by atoms with Crippen LogP contribution in [0.5, 0.6) is 0 Å². The molecule has 0 atom stereocenters. The van der Waals surface area contributed by atoms with E-state index in [0.29, 0.717) is 55.7 Å². The minimum Gasteiger partial charge on any atom is -0.355 e. The molecule has 154 valence electrons. The van der Waals surface area contributed by atoms with Crippen molar-refractivity contribution in [3.63, 3.8) is 0 Å². The van der Waals surface area contributed by atoms with Crippen LogP contribution in [0.25, 0.3) is 0 Å². The van der Waals surface area contributed by atoms with Gasteiger partial charge in [-0.25, -0.2) is 0 Å². The third-order valence-electron chi connectivity index (χ3n) is 5.04. The molecular formula is C22H25Cl2N3O2. The van der Waals surface area contributed by atoms with Crippen LogP contribution in [0.2, 0.25) is 10.0 Å². The first-order chi connectivity index (χ1) is 14.0. The number of rotatable bonds is 7. The van der Waals surface area contributed by atoms with Gasteiger partial charge in [-0.15, -0.1) is 0 Å². The average Bonchev–Trinajstić information content (AvgIpc) is 2.72. The van der Waals surface area contributed by atoms with Crippen LogP contribution in [-0.4, -0.2) is 60.9 Å². The van der Waals surface area contributed by atoms with E-state index in [2.05, 4.69) is 10.2 Å². The van der Waals surface area contributed by atoms with Crippen molar-refractivity contribution in [2.24, 2.45) is 0 Å². The summed E-state index contributed by atoms with van der Waals surface area (Å²) in [6, 6.07) is 15.1. The molecule has 0 radical (unpaired) electrons. The Hall–Kier alpha value is -2.08. The number of hydrogen-bond donors (Lipinski definition) is 1. The van der Waals surface area contributed by atoms with Gasteiger partial charge in [0.05, 0.1) is 13.0 Å². The standard InChI is InChI=1S/C22H25Cl2N3O2/c23-19-7-5-17(6-8-19)9-10-25-21(28)16-26-11-13-27(14-12-26)22(29)15-18-3-1-2-4-20(18)24/h1-8H,9-16H2,(H,25,28). The molecule has 0 saturated carbocycles. The lowest BCUT2D eigenvalue weighted by molar-refractivity contribution is -0.132. The van der Waals surface area contributed by atoms with E-state index >= 15 is 0 Å². The van der Waals surface area contributed by atoms with Crippen molar-refractivity contribution in [3.8, 4) is 0 Å². The summed E-state index contributed by atoms with van der Waals surface area (Å²) in [5.74, 6) is 0.0833. The molecule has 2 aromatic carbocycles. The molecule has 1 saturated heterocycles. The summed E-state index contributed by atoms with van der Waals surface area (Å²) in [6.45, 7) is 3.59. The highest BCUT2D eigenvalue weighted by Crippen LogP contribution is 2.16. The first kappa shape index (κ1) is 21.6. The van der Waals surface area contributed by atoms with Crippen LogP contribution in [0.1, 0.15) is 11.1 Å². The highest BCUT2D eigenvalue weighted by molar-refractivity contribution is 6.31. The molecule has 0 aromatic heterocycles. The summed E-state index contributed by atoms with van der Waals surface area (Å²) in [4.78, 5) is 28.6. The van der Waals surface area contributed by atoms with Crippen LogP contribution in [0.3, 0.4) is 0 Å². The molecule has 3 rings (SSSR count). The van der Waals surface area contributed by atoms with Crippen molar-refractivity contribution in [1.29, 1.82) is 0 Å². The van der Waals surface area contributed by atoms with E-state index in [-0.39, 0.29) is 11.8 Å². The fourth-order valence-electron chi connectivity index (χ4n) is 3.33. The van der Waals surface area contributed by atoms with E-state index in [1.54, 1.807) is 6.07 Å². The van der Waals surface area contributed by atoms with Gasteiger partial charge >= 0.3 is 0 Å². The maximum absolute atomic E-state index is 12.5. The van der Waals surface area contributed by atoms with Crippen LogP contribution in [-0.2, 0) is 22.4 Å². The number of halogens is 2. The maximum atomic E-state index is 12.5. The predicted octanol–water partition coefficient (Wildman–Crippen LogP) is 3.04. The Morgan fingerprint density at radius 2 is 1.62 bits per heavy atom. The smallest absolute Gasteiger partial charge is 0.234 e. The molecular weight excluding hydrogens is 409 g/mol. The van der Waals surface area contributed by atoms with E-state index in [1.165, 1.54) is 0 Å². The number of carbonyl (C=O) groups excluding carboxylic acids is 2. The van der Waals surface area contributed by atoms with Crippen molar-refractivity contribution in [1.82, 2.24) is 15.1 Å². The summed E-state index contributed by atoms with van der Waals surface area (Å²) in [7, 11) is 0. The second kappa shape index (κ2) is 10.6. The van der Waals surface area contributed by atoms with Gasteiger partial charge in [0.2, 0.25) is 11.8 Å². The molecule has 5 nitrogen and oxygen atoms in total. The number of benzene rings is 2. The molecule has 1 N–H and O–H groups in total. The minimum atomic E-state index is 0.00908. The van der Waals surface area contributed by atoms with Gasteiger partial charge in [0.15, 0.2) is 0 Å². The fraction of sp³-hybridized carbons (Fsp3) is 0.364. The largest absolute Gasteiger partial charge is 0.355 e. The third kappa shape index (κ3) is 6.74. The van der Waals surface area contributed by atoms with Gasteiger partial charge in [0, 0.05) is 42.8 Å². The highest BCUT2D eigenvalue weighted by atomic mass is 35.5. The number of hydrogen-bond acceptors (Lipinski definition) is 3.